The lowest BCUT2D eigenvalue weighted by Crippen LogP contribution is -2.36. The second-order valence-corrected chi connectivity index (χ2v) is 9.71. The number of hydrogen-bond acceptors (Lipinski definition) is 4. The van der Waals surface area contributed by atoms with Crippen molar-refractivity contribution in [1.29, 1.82) is 0 Å². The summed E-state index contributed by atoms with van der Waals surface area (Å²) in [5.74, 6) is 1.02. The number of carbonyl (C=O) groups excluding carboxylic acids is 1. The van der Waals surface area contributed by atoms with Crippen LogP contribution in [0.2, 0.25) is 0 Å². The van der Waals surface area contributed by atoms with E-state index < -0.39 is 10.0 Å². The average molecular weight is 419 g/mol. The number of thioether (sulfide) groups is 1. The Morgan fingerprint density at radius 1 is 0.964 bits per heavy atom. The number of sulfonamides is 1. The van der Waals surface area contributed by atoms with Crippen molar-refractivity contribution in [1.82, 2.24) is 4.72 Å². The molecule has 3 rings (SSSR count). The standard InChI is InChI=1S/C21H26N2O3S2/c24-21(16-27-15-17-7-3-1-4-8-17)22-18-11-13-20(14-12-18)28(25,26)23-19-9-5-2-6-10-19/h1,3-4,7-8,11-14,19,23H,2,5-6,9-10,15-16H2,(H,22,24). The minimum Gasteiger partial charge on any atom is -0.325 e. The van der Waals surface area contributed by atoms with Gasteiger partial charge in [0.05, 0.1) is 10.6 Å². The largest absolute Gasteiger partial charge is 0.325 e. The van der Waals surface area contributed by atoms with Crippen LogP contribution in [0, 0.1) is 0 Å². The molecule has 1 amide bonds. The number of anilines is 1. The molecule has 0 atom stereocenters. The van der Waals surface area contributed by atoms with Crippen LogP contribution in [-0.2, 0) is 20.6 Å². The van der Waals surface area contributed by atoms with Gasteiger partial charge in [0.1, 0.15) is 0 Å². The molecule has 0 spiro atoms. The van der Waals surface area contributed by atoms with Crippen LogP contribution in [-0.4, -0.2) is 26.1 Å². The van der Waals surface area contributed by atoms with E-state index in [0.717, 1.165) is 31.4 Å². The molecule has 0 bridgehead atoms. The van der Waals surface area contributed by atoms with Gasteiger partial charge in [-0.1, -0.05) is 49.6 Å². The average Bonchev–Trinajstić information content (AvgIpc) is 2.70. The minimum atomic E-state index is -3.52. The maximum Gasteiger partial charge on any atom is 0.240 e. The van der Waals surface area contributed by atoms with Gasteiger partial charge in [0.25, 0.3) is 0 Å². The van der Waals surface area contributed by atoms with E-state index in [1.165, 1.54) is 24.1 Å². The van der Waals surface area contributed by atoms with Crippen LogP contribution in [0.15, 0.2) is 59.5 Å². The van der Waals surface area contributed by atoms with Gasteiger partial charge in [-0.3, -0.25) is 4.79 Å². The summed E-state index contributed by atoms with van der Waals surface area (Å²) in [5.41, 5.74) is 1.78. The molecule has 1 aliphatic carbocycles. The first kappa shape index (κ1) is 20.9. The lowest BCUT2D eigenvalue weighted by molar-refractivity contribution is -0.113. The number of amides is 1. The summed E-state index contributed by atoms with van der Waals surface area (Å²) in [6.45, 7) is 0. The molecule has 0 aromatic heterocycles. The highest BCUT2D eigenvalue weighted by molar-refractivity contribution is 7.99. The maximum absolute atomic E-state index is 12.5. The predicted octanol–water partition coefficient (Wildman–Crippen LogP) is 4.17. The van der Waals surface area contributed by atoms with E-state index in [1.807, 2.05) is 30.3 Å². The Morgan fingerprint density at radius 2 is 1.64 bits per heavy atom. The van der Waals surface area contributed by atoms with Gasteiger partial charge in [0.2, 0.25) is 15.9 Å². The van der Waals surface area contributed by atoms with E-state index in [9.17, 15) is 13.2 Å². The highest BCUT2D eigenvalue weighted by atomic mass is 32.2. The second-order valence-electron chi connectivity index (χ2n) is 7.01. The molecular formula is C21H26N2O3S2. The van der Waals surface area contributed by atoms with E-state index in [1.54, 1.807) is 23.9 Å². The lowest BCUT2D eigenvalue weighted by Gasteiger charge is -2.22. The summed E-state index contributed by atoms with van der Waals surface area (Å²) in [5, 5.41) is 2.81. The van der Waals surface area contributed by atoms with Crippen molar-refractivity contribution >= 4 is 33.4 Å². The normalized spacial score (nSPS) is 15.3. The Kier molecular flexibility index (Phi) is 7.53. The zero-order valence-electron chi connectivity index (χ0n) is 15.8. The molecule has 2 N–H and O–H groups in total. The molecule has 0 heterocycles. The van der Waals surface area contributed by atoms with Gasteiger partial charge in [-0.15, -0.1) is 11.8 Å². The Bertz CT molecular complexity index is 862. The first-order chi connectivity index (χ1) is 13.5. The van der Waals surface area contributed by atoms with E-state index in [2.05, 4.69) is 10.0 Å². The van der Waals surface area contributed by atoms with Crippen LogP contribution >= 0.6 is 11.8 Å². The molecule has 2 aromatic rings. The van der Waals surface area contributed by atoms with Crippen molar-refractivity contribution in [3.8, 4) is 0 Å². The highest BCUT2D eigenvalue weighted by Gasteiger charge is 2.21. The van der Waals surface area contributed by atoms with Crippen molar-refractivity contribution in [3.63, 3.8) is 0 Å². The number of hydrogen-bond donors (Lipinski definition) is 2. The molecule has 0 saturated heterocycles. The van der Waals surface area contributed by atoms with Crippen LogP contribution in [0.1, 0.15) is 37.7 Å². The van der Waals surface area contributed by atoms with E-state index >= 15 is 0 Å². The molecule has 2 aromatic carbocycles. The van der Waals surface area contributed by atoms with Crippen LogP contribution < -0.4 is 10.0 Å². The highest BCUT2D eigenvalue weighted by Crippen LogP contribution is 2.21. The first-order valence-electron chi connectivity index (χ1n) is 9.57. The van der Waals surface area contributed by atoms with Crippen molar-refractivity contribution in [3.05, 3.63) is 60.2 Å². The van der Waals surface area contributed by atoms with Crippen LogP contribution in [0.3, 0.4) is 0 Å². The SMILES string of the molecule is O=C(CSCc1ccccc1)Nc1ccc(S(=O)(=O)NC2CCCCC2)cc1. The summed E-state index contributed by atoms with van der Waals surface area (Å²) in [7, 11) is -3.52. The fourth-order valence-electron chi connectivity index (χ4n) is 3.26. The monoisotopic (exact) mass is 418 g/mol. The van der Waals surface area contributed by atoms with Gasteiger partial charge in [-0.2, -0.15) is 0 Å². The summed E-state index contributed by atoms with van der Waals surface area (Å²) < 4.78 is 27.8. The summed E-state index contributed by atoms with van der Waals surface area (Å²) in [4.78, 5) is 12.3. The van der Waals surface area contributed by atoms with Crippen molar-refractivity contribution in [2.24, 2.45) is 0 Å². The first-order valence-corrected chi connectivity index (χ1v) is 12.2. The molecule has 28 heavy (non-hydrogen) atoms. The van der Waals surface area contributed by atoms with Crippen molar-refractivity contribution in [2.75, 3.05) is 11.1 Å². The van der Waals surface area contributed by atoms with Gasteiger partial charge >= 0.3 is 0 Å². The number of carbonyl (C=O) groups is 1. The third-order valence-corrected chi connectivity index (χ3v) is 7.26. The van der Waals surface area contributed by atoms with Crippen LogP contribution in [0.25, 0.3) is 0 Å². The summed E-state index contributed by atoms with van der Waals surface area (Å²) in [6.07, 6.45) is 5.11. The molecule has 1 fully saturated rings. The number of nitrogens with one attached hydrogen (secondary N) is 2. The number of rotatable bonds is 8. The fourth-order valence-corrected chi connectivity index (χ4v) is 5.35. The third kappa shape index (κ3) is 6.36. The van der Waals surface area contributed by atoms with Crippen LogP contribution in [0.4, 0.5) is 5.69 Å². The topological polar surface area (TPSA) is 75.3 Å². The zero-order chi connectivity index (χ0) is 19.8. The lowest BCUT2D eigenvalue weighted by atomic mass is 9.96. The smallest absolute Gasteiger partial charge is 0.240 e. The molecule has 0 aliphatic heterocycles. The summed E-state index contributed by atoms with van der Waals surface area (Å²) in [6, 6.07) is 16.4. The molecule has 1 aliphatic rings. The minimum absolute atomic E-state index is 0.0276. The molecule has 0 unspecified atom stereocenters. The molecule has 7 heteroatoms. The van der Waals surface area contributed by atoms with E-state index in [0.29, 0.717) is 11.4 Å². The van der Waals surface area contributed by atoms with Crippen molar-refractivity contribution < 1.29 is 13.2 Å². The fraction of sp³-hybridized carbons (Fsp3) is 0.381. The Balaban J connectivity index is 1.48. The number of benzene rings is 2. The van der Waals surface area contributed by atoms with Gasteiger partial charge in [-0.05, 0) is 42.7 Å². The quantitative estimate of drug-likeness (QED) is 0.675. The van der Waals surface area contributed by atoms with Crippen LogP contribution in [0.5, 0.6) is 0 Å². The second kappa shape index (κ2) is 10.1. The molecule has 0 radical (unpaired) electrons. The van der Waals surface area contributed by atoms with Gasteiger partial charge < -0.3 is 5.32 Å². The Labute approximate surface area is 171 Å². The Hall–Kier alpha value is -1.83. The third-order valence-electron chi connectivity index (χ3n) is 4.72. The maximum atomic E-state index is 12.5. The van der Waals surface area contributed by atoms with Gasteiger partial charge in [0.15, 0.2) is 0 Å². The van der Waals surface area contributed by atoms with Gasteiger partial charge in [0, 0.05) is 17.5 Å². The zero-order valence-corrected chi connectivity index (χ0v) is 17.4. The van der Waals surface area contributed by atoms with E-state index in [-0.39, 0.29) is 16.8 Å². The molecule has 5 nitrogen and oxygen atoms in total. The molecule has 1 saturated carbocycles. The van der Waals surface area contributed by atoms with E-state index in [4.69, 9.17) is 0 Å². The molecule has 150 valence electrons. The van der Waals surface area contributed by atoms with Gasteiger partial charge in [-0.25, -0.2) is 13.1 Å². The Morgan fingerprint density at radius 3 is 2.32 bits per heavy atom. The van der Waals surface area contributed by atoms with Crippen molar-refractivity contribution in [2.45, 2.75) is 48.8 Å². The molecular weight excluding hydrogens is 392 g/mol. The summed E-state index contributed by atoms with van der Waals surface area (Å²) >= 11 is 1.54. The predicted molar refractivity (Wildman–Crippen MR) is 115 cm³/mol.